The Hall–Kier alpha value is -2.22. The lowest BCUT2D eigenvalue weighted by Gasteiger charge is -2.07. The lowest BCUT2D eigenvalue weighted by molar-refractivity contribution is 0.0520. The van der Waals surface area contributed by atoms with E-state index in [9.17, 15) is 4.79 Å². The summed E-state index contributed by atoms with van der Waals surface area (Å²) in [6.45, 7) is 2.89. The van der Waals surface area contributed by atoms with Gasteiger partial charge in [-0.2, -0.15) is 0 Å². The summed E-state index contributed by atoms with van der Waals surface area (Å²) < 4.78 is 8.36. The molecule has 2 N–H and O–H groups in total. The van der Waals surface area contributed by atoms with E-state index in [1.54, 1.807) is 28.7 Å². The van der Waals surface area contributed by atoms with Crippen LogP contribution in [-0.4, -0.2) is 43.7 Å². The maximum atomic E-state index is 11.9. The molecular weight excluding hydrogens is 248 g/mol. The first kappa shape index (κ1) is 13.2. The van der Waals surface area contributed by atoms with Crippen molar-refractivity contribution in [2.45, 2.75) is 13.5 Å². The van der Waals surface area contributed by atoms with Crippen molar-refractivity contribution in [1.29, 1.82) is 0 Å². The van der Waals surface area contributed by atoms with Gasteiger partial charge in [-0.25, -0.2) is 14.5 Å². The van der Waals surface area contributed by atoms with Crippen LogP contribution in [0.1, 0.15) is 17.4 Å². The third-order valence-corrected chi connectivity index (χ3v) is 2.60. The summed E-state index contributed by atoms with van der Waals surface area (Å²) in [6.07, 6.45) is 3.29. The summed E-state index contributed by atoms with van der Waals surface area (Å²) >= 11 is 0. The Bertz CT molecular complexity index is 574. The van der Waals surface area contributed by atoms with Crippen molar-refractivity contribution in [3.8, 4) is 11.4 Å². The first-order valence-corrected chi connectivity index (χ1v) is 5.96. The molecule has 2 rings (SSSR count). The average Bonchev–Trinajstić information content (AvgIpc) is 2.96. The van der Waals surface area contributed by atoms with Gasteiger partial charge in [-0.05, 0) is 6.92 Å². The van der Waals surface area contributed by atoms with E-state index >= 15 is 0 Å². The lowest BCUT2D eigenvalue weighted by atomic mass is 10.2. The highest BCUT2D eigenvalue weighted by Gasteiger charge is 2.23. The number of ether oxygens (including phenoxy) is 1. The van der Waals surface area contributed by atoms with Crippen LogP contribution in [0.25, 0.3) is 11.4 Å². The lowest BCUT2D eigenvalue weighted by Crippen LogP contribution is -2.14. The first-order chi connectivity index (χ1) is 9.19. The molecule has 2 aromatic heterocycles. The molecule has 0 aliphatic rings. The molecule has 2 heterocycles. The Morgan fingerprint density at radius 2 is 2.32 bits per heavy atom. The number of nitrogens with two attached hydrogens (primary N) is 1. The van der Waals surface area contributed by atoms with Gasteiger partial charge in [0, 0.05) is 13.6 Å². The number of hydrogen-bond donors (Lipinski definition) is 1. The summed E-state index contributed by atoms with van der Waals surface area (Å²) in [6, 6.07) is 0. The van der Waals surface area contributed by atoms with Gasteiger partial charge in [0.2, 0.25) is 0 Å². The molecule has 19 heavy (non-hydrogen) atoms. The van der Waals surface area contributed by atoms with E-state index < -0.39 is 5.97 Å². The van der Waals surface area contributed by atoms with Gasteiger partial charge in [0.1, 0.15) is 5.69 Å². The Morgan fingerprint density at radius 1 is 1.53 bits per heavy atom. The maximum Gasteiger partial charge on any atom is 0.361 e. The number of aromatic nitrogens is 5. The van der Waals surface area contributed by atoms with Gasteiger partial charge >= 0.3 is 5.97 Å². The smallest absolute Gasteiger partial charge is 0.361 e. The van der Waals surface area contributed by atoms with Crippen LogP contribution in [0.4, 0.5) is 0 Å². The topological polar surface area (TPSA) is 101 Å². The summed E-state index contributed by atoms with van der Waals surface area (Å²) in [5.74, 6) is -0.498. The van der Waals surface area contributed by atoms with E-state index in [4.69, 9.17) is 10.5 Å². The predicted octanol–water partition coefficient (Wildman–Crippen LogP) is -0.186. The highest BCUT2D eigenvalue weighted by atomic mass is 16.5. The van der Waals surface area contributed by atoms with Crippen molar-refractivity contribution in [3.63, 3.8) is 0 Å². The highest BCUT2D eigenvalue weighted by Crippen LogP contribution is 2.21. The van der Waals surface area contributed by atoms with Gasteiger partial charge in [0.15, 0.2) is 5.69 Å². The van der Waals surface area contributed by atoms with E-state index in [-0.39, 0.29) is 12.3 Å². The molecule has 0 unspecified atom stereocenters. The number of esters is 1. The Labute approximate surface area is 110 Å². The molecule has 0 radical (unpaired) electrons. The van der Waals surface area contributed by atoms with Crippen molar-refractivity contribution in [3.05, 3.63) is 18.2 Å². The second-order valence-corrected chi connectivity index (χ2v) is 3.91. The molecule has 0 aromatic carbocycles. The van der Waals surface area contributed by atoms with Crippen LogP contribution in [0.15, 0.2) is 12.5 Å². The molecule has 0 aliphatic carbocycles. The molecule has 8 heteroatoms. The van der Waals surface area contributed by atoms with E-state index in [2.05, 4.69) is 15.3 Å². The number of imidazole rings is 1. The van der Waals surface area contributed by atoms with Gasteiger partial charge in [-0.1, -0.05) is 5.21 Å². The summed E-state index contributed by atoms with van der Waals surface area (Å²) in [4.78, 5) is 15.9. The second-order valence-electron chi connectivity index (χ2n) is 3.91. The fraction of sp³-hybridized carbons (Fsp3) is 0.455. The van der Waals surface area contributed by atoms with Crippen molar-refractivity contribution < 1.29 is 9.53 Å². The molecule has 0 amide bonds. The molecule has 0 aliphatic heterocycles. The molecule has 0 saturated heterocycles. The van der Waals surface area contributed by atoms with Crippen LogP contribution in [0.5, 0.6) is 0 Å². The van der Waals surface area contributed by atoms with Gasteiger partial charge < -0.3 is 15.0 Å². The molecule has 0 atom stereocenters. The SMILES string of the molecule is CCOC(=O)c1nnn(CCN)c1-c1cncn1C. The summed E-state index contributed by atoms with van der Waals surface area (Å²) in [7, 11) is 1.83. The number of carbonyl (C=O) groups is 1. The zero-order valence-corrected chi connectivity index (χ0v) is 10.9. The van der Waals surface area contributed by atoms with Gasteiger partial charge in [-0.3, -0.25) is 0 Å². The zero-order valence-electron chi connectivity index (χ0n) is 10.9. The number of rotatable bonds is 5. The number of carbonyl (C=O) groups excluding carboxylic acids is 1. The zero-order chi connectivity index (χ0) is 13.8. The van der Waals surface area contributed by atoms with Crippen molar-refractivity contribution in [2.24, 2.45) is 12.8 Å². The van der Waals surface area contributed by atoms with Crippen LogP contribution in [0.3, 0.4) is 0 Å². The Morgan fingerprint density at radius 3 is 2.89 bits per heavy atom. The summed E-state index contributed by atoms with van der Waals surface area (Å²) in [5, 5.41) is 7.84. The molecule has 0 spiro atoms. The van der Waals surface area contributed by atoms with Gasteiger partial charge in [-0.15, -0.1) is 5.10 Å². The van der Waals surface area contributed by atoms with E-state index in [0.29, 0.717) is 18.8 Å². The Kier molecular flexibility index (Phi) is 3.91. The number of aryl methyl sites for hydroxylation is 1. The second kappa shape index (κ2) is 5.61. The van der Waals surface area contributed by atoms with Crippen molar-refractivity contribution >= 4 is 5.97 Å². The molecule has 2 aromatic rings. The fourth-order valence-electron chi connectivity index (χ4n) is 1.77. The third-order valence-electron chi connectivity index (χ3n) is 2.60. The van der Waals surface area contributed by atoms with Crippen LogP contribution in [-0.2, 0) is 18.3 Å². The molecule has 0 fully saturated rings. The minimum Gasteiger partial charge on any atom is -0.461 e. The molecule has 0 bridgehead atoms. The number of hydrogen-bond acceptors (Lipinski definition) is 6. The third kappa shape index (κ3) is 2.48. The largest absolute Gasteiger partial charge is 0.461 e. The molecule has 0 saturated carbocycles. The van der Waals surface area contributed by atoms with E-state index in [1.165, 1.54) is 0 Å². The van der Waals surface area contributed by atoms with Gasteiger partial charge in [0.05, 0.1) is 31.4 Å². The fourth-order valence-corrected chi connectivity index (χ4v) is 1.77. The van der Waals surface area contributed by atoms with Gasteiger partial charge in [0.25, 0.3) is 0 Å². The first-order valence-electron chi connectivity index (χ1n) is 5.96. The van der Waals surface area contributed by atoms with Crippen molar-refractivity contribution in [1.82, 2.24) is 24.5 Å². The van der Waals surface area contributed by atoms with Crippen LogP contribution in [0, 0.1) is 0 Å². The molecular formula is C11H16N6O2. The van der Waals surface area contributed by atoms with Crippen LogP contribution >= 0.6 is 0 Å². The van der Waals surface area contributed by atoms with E-state index in [1.807, 2.05) is 7.05 Å². The van der Waals surface area contributed by atoms with Crippen LogP contribution < -0.4 is 5.73 Å². The molecule has 102 valence electrons. The number of nitrogens with zero attached hydrogens (tertiary/aromatic N) is 5. The summed E-state index contributed by atoms with van der Waals surface area (Å²) in [5.41, 5.74) is 7.03. The minimum atomic E-state index is -0.498. The van der Waals surface area contributed by atoms with Crippen LogP contribution in [0.2, 0.25) is 0 Å². The minimum absolute atomic E-state index is 0.180. The monoisotopic (exact) mass is 264 g/mol. The quantitative estimate of drug-likeness (QED) is 0.751. The Balaban J connectivity index is 2.51. The molecule has 8 nitrogen and oxygen atoms in total. The van der Waals surface area contributed by atoms with Crippen molar-refractivity contribution in [2.75, 3.05) is 13.2 Å². The highest BCUT2D eigenvalue weighted by molar-refractivity contribution is 5.93. The average molecular weight is 264 g/mol. The predicted molar refractivity (Wildman–Crippen MR) is 67.2 cm³/mol. The maximum absolute atomic E-state index is 11.9. The standard InChI is InChI=1S/C11H16N6O2/c1-3-19-11(18)9-10(8-6-13-7-16(8)2)17(5-4-12)15-14-9/h6-7H,3-5,12H2,1-2H3. The van der Waals surface area contributed by atoms with E-state index in [0.717, 1.165) is 5.69 Å². The normalized spacial score (nSPS) is 10.7.